The van der Waals surface area contributed by atoms with Gasteiger partial charge in [0.2, 0.25) is 0 Å². The van der Waals surface area contributed by atoms with Crippen LogP contribution in [0.15, 0.2) is 16.5 Å². The summed E-state index contributed by atoms with van der Waals surface area (Å²) in [6.45, 7) is 1.21. The molecule has 0 saturated carbocycles. The summed E-state index contributed by atoms with van der Waals surface area (Å²) in [5.41, 5.74) is 0. The minimum Gasteiger partial charge on any atom is -0.480 e. The molecule has 0 fully saturated rings. The smallest absolute Gasteiger partial charge is 0.328 e. The van der Waals surface area contributed by atoms with Crippen molar-refractivity contribution in [3.05, 3.63) is 23.7 Å². The molecule has 2 atom stereocenters. The summed E-state index contributed by atoms with van der Waals surface area (Å²) >= 11 is 0.340. The molecule has 0 aromatic carbocycles. The van der Waals surface area contributed by atoms with Crippen LogP contribution in [0.2, 0.25) is 0 Å². The molecule has 9 heteroatoms. The van der Waals surface area contributed by atoms with Crippen LogP contribution in [-0.2, 0) is 10.5 Å². The molecule has 0 radical (unpaired) electrons. The summed E-state index contributed by atoms with van der Waals surface area (Å²) in [4.78, 5) is 22.5. The Morgan fingerprint density at radius 2 is 2.10 bits per heavy atom. The quantitative estimate of drug-likeness (QED) is 0.702. The van der Waals surface area contributed by atoms with Crippen LogP contribution in [0.3, 0.4) is 0 Å². The van der Waals surface area contributed by atoms with Gasteiger partial charge in [-0.2, -0.15) is 8.78 Å². The van der Waals surface area contributed by atoms with Crippen molar-refractivity contribution < 1.29 is 33.0 Å². The molecule has 0 aliphatic carbocycles. The van der Waals surface area contributed by atoms with Crippen molar-refractivity contribution in [3.8, 4) is 0 Å². The number of carboxylic acids is 1. The van der Waals surface area contributed by atoms with E-state index in [0.29, 0.717) is 11.8 Å². The third kappa shape index (κ3) is 4.82. The number of amides is 1. The first-order chi connectivity index (χ1) is 9.31. The number of carbonyl (C=O) groups is 2. The number of hydrogen-bond donors (Lipinski definition) is 3. The summed E-state index contributed by atoms with van der Waals surface area (Å²) < 4.78 is 29.0. The number of furan rings is 1. The molecule has 0 aliphatic heterocycles. The van der Waals surface area contributed by atoms with Crippen molar-refractivity contribution in [1.29, 1.82) is 0 Å². The zero-order chi connectivity index (χ0) is 15.3. The number of aliphatic carboxylic acids is 1. The minimum absolute atomic E-state index is 0.107. The fourth-order valence-electron chi connectivity index (χ4n) is 1.32. The molecule has 3 N–H and O–H groups in total. The summed E-state index contributed by atoms with van der Waals surface area (Å²) in [6, 6.07) is 1.12. The first-order valence-electron chi connectivity index (χ1n) is 5.51. The number of carboxylic acid groups (broad SMARTS) is 1. The lowest BCUT2D eigenvalue weighted by Gasteiger charge is -2.15. The van der Waals surface area contributed by atoms with E-state index in [1.807, 2.05) is 0 Å². The Hall–Kier alpha value is -1.61. The largest absolute Gasteiger partial charge is 0.480 e. The van der Waals surface area contributed by atoms with Gasteiger partial charge in [0.15, 0.2) is 11.8 Å². The highest BCUT2D eigenvalue weighted by Gasteiger charge is 2.26. The van der Waals surface area contributed by atoms with Crippen molar-refractivity contribution in [1.82, 2.24) is 5.32 Å². The van der Waals surface area contributed by atoms with Gasteiger partial charge in [0.05, 0.1) is 11.9 Å². The highest BCUT2D eigenvalue weighted by Crippen LogP contribution is 2.21. The molecule has 1 amide bonds. The molecule has 1 rings (SSSR count). The third-order valence-electron chi connectivity index (χ3n) is 2.27. The zero-order valence-electron chi connectivity index (χ0n) is 10.4. The van der Waals surface area contributed by atoms with Crippen LogP contribution in [-0.4, -0.2) is 40.0 Å². The second-order valence-corrected chi connectivity index (χ2v) is 4.85. The Labute approximate surface area is 117 Å². The van der Waals surface area contributed by atoms with Gasteiger partial charge in [-0.1, -0.05) is 11.8 Å². The lowest BCUT2D eigenvalue weighted by Crippen LogP contribution is -2.47. The molecule has 0 spiro atoms. The van der Waals surface area contributed by atoms with Crippen LogP contribution >= 0.6 is 11.8 Å². The fraction of sp³-hybridized carbons (Fsp3) is 0.455. The molecule has 0 saturated heterocycles. The second kappa shape index (κ2) is 7.25. The van der Waals surface area contributed by atoms with Gasteiger partial charge >= 0.3 is 5.97 Å². The van der Waals surface area contributed by atoms with E-state index >= 15 is 0 Å². The fourth-order valence-corrected chi connectivity index (χ4v) is 1.77. The molecule has 1 aromatic heterocycles. The number of nitrogens with one attached hydrogen (secondary N) is 1. The number of hydrogen-bond acceptors (Lipinski definition) is 5. The van der Waals surface area contributed by atoms with Crippen LogP contribution in [0.4, 0.5) is 8.78 Å². The van der Waals surface area contributed by atoms with Gasteiger partial charge in [-0.25, -0.2) is 4.79 Å². The molecule has 6 nitrogen and oxygen atoms in total. The predicted molar refractivity (Wildman–Crippen MR) is 66.6 cm³/mol. The number of thioether (sulfide) groups is 1. The average molecular weight is 309 g/mol. The monoisotopic (exact) mass is 309 g/mol. The van der Waals surface area contributed by atoms with Gasteiger partial charge in [-0.15, -0.1) is 0 Å². The van der Waals surface area contributed by atoms with Gasteiger partial charge in [0.1, 0.15) is 5.76 Å². The summed E-state index contributed by atoms with van der Waals surface area (Å²) in [5, 5.41) is 20.1. The van der Waals surface area contributed by atoms with Crippen LogP contribution in [0.1, 0.15) is 23.2 Å². The number of aliphatic hydroxyl groups excluding tert-OH is 1. The average Bonchev–Trinajstić information content (AvgIpc) is 2.81. The van der Waals surface area contributed by atoms with Gasteiger partial charge in [0.25, 0.3) is 11.7 Å². The maximum Gasteiger partial charge on any atom is 0.328 e. The number of halogens is 2. The highest BCUT2D eigenvalue weighted by molar-refractivity contribution is 7.98. The maximum absolute atomic E-state index is 12.0. The molecule has 0 bridgehead atoms. The van der Waals surface area contributed by atoms with E-state index in [4.69, 9.17) is 9.52 Å². The van der Waals surface area contributed by atoms with E-state index < -0.39 is 29.8 Å². The normalized spacial score (nSPS) is 14.1. The third-order valence-corrected chi connectivity index (χ3v) is 2.98. The lowest BCUT2D eigenvalue weighted by molar-refractivity contribution is -0.141. The molecule has 0 unspecified atom stereocenters. The van der Waals surface area contributed by atoms with Crippen LogP contribution < -0.4 is 5.32 Å². The van der Waals surface area contributed by atoms with Crippen LogP contribution in [0.5, 0.6) is 0 Å². The molecular formula is C11H13F2NO5S. The van der Waals surface area contributed by atoms with E-state index in [2.05, 4.69) is 5.32 Å². The Kier molecular flexibility index (Phi) is 5.96. The molecule has 0 aliphatic rings. The van der Waals surface area contributed by atoms with Crippen molar-refractivity contribution in [2.45, 2.75) is 30.6 Å². The number of alkyl halides is 2. The number of aliphatic hydroxyl groups is 1. The van der Waals surface area contributed by atoms with E-state index in [0.717, 1.165) is 0 Å². The molecule has 1 heterocycles. The number of rotatable bonds is 7. The predicted octanol–water partition coefficient (Wildman–Crippen LogP) is 1.30. The van der Waals surface area contributed by atoms with E-state index in [1.165, 1.54) is 19.1 Å². The van der Waals surface area contributed by atoms with Crippen molar-refractivity contribution >= 4 is 23.6 Å². The van der Waals surface area contributed by atoms with Crippen molar-refractivity contribution in [2.75, 3.05) is 0 Å². The summed E-state index contributed by atoms with van der Waals surface area (Å²) in [7, 11) is 0. The van der Waals surface area contributed by atoms with E-state index in [9.17, 15) is 23.5 Å². The summed E-state index contributed by atoms with van der Waals surface area (Å²) in [6.07, 6.45) is -1.29. The van der Waals surface area contributed by atoms with Gasteiger partial charge in [-0.05, 0) is 19.1 Å². The maximum atomic E-state index is 12.0. The Bertz CT molecular complexity index is 477. The first-order valence-corrected chi connectivity index (χ1v) is 6.56. The second-order valence-electron chi connectivity index (χ2n) is 3.87. The summed E-state index contributed by atoms with van der Waals surface area (Å²) in [5.74, 6) is -4.93. The Morgan fingerprint density at radius 3 is 2.60 bits per heavy atom. The Balaban J connectivity index is 2.66. The number of carbonyl (C=O) groups excluding carboxylic acids is 1. The van der Waals surface area contributed by atoms with Gasteiger partial charge in [0, 0.05) is 0 Å². The highest BCUT2D eigenvalue weighted by atomic mass is 32.2. The topological polar surface area (TPSA) is 99.8 Å². The Morgan fingerprint density at radius 1 is 1.45 bits per heavy atom. The van der Waals surface area contributed by atoms with Crippen molar-refractivity contribution in [2.24, 2.45) is 0 Å². The van der Waals surface area contributed by atoms with Gasteiger partial charge in [-0.3, -0.25) is 4.79 Å². The van der Waals surface area contributed by atoms with E-state index in [-0.39, 0.29) is 17.3 Å². The molecule has 20 heavy (non-hydrogen) atoms. The van der Waals surface area contributed by atoms with Gasteiger partial charge < -0.3 is 19.9 Å². The van der Waals surface area contributed by atoms with Crippen LogP contribution in [0, 0.1) is 0 Å². The van der Waals surface area contributed by atoms with E-state index in [1.54, 1.807) is 0 Å². The lowest BCUT2D eigenvalue weighted by atomic mass is 10.2. The standard InChI is InChI=1S/C11H13F2NO5S/c1-5(15)8(10(17)18)14-9(16)7-3-2-6(19-7)4-20-11(12)13/h2-3,5,8,11,15H,4H2,1H3,(H,14,16)(H,17,18)/t5-,8+/m1/s1. The zero-order valence-corrected chi connectivity index (χ0v) is 11.2. The minimum atomic E-state index is -2.55. The SMILES string of the molecule is C[C@@H](O)[C@H](NC(=O)c1ccc(CSC(F)F)o1)C(=O)O. The van der Waals surface area contributed by atoms with Crippen LogP contribution in [0.25, 0.3) is 0 Å². The molecule has 112 valence electrons. The molecule has 1 aromatic rings. The first kappa shape index (κ1) is 16.4. The molecular weight excluding hydrogens is 296 g/mol. The van der Waals surface area contributed by atoms with Crippen molar-refractivity contribution in [3.63, 3.8) is 0 Å².